The van der Waals surface area contributed by atoms with Crippen molar-refractivity contribution in [3.8, 4) is 11.3 Å². The van der Waals surface area contributed by atoms with Gasteiger partial charge in [0.25, 0.3) is 11.8 Å². The van der Waals surface area contributed by atoms with Crippen LogP contribution in [-0.4, -0.2) is 32.2 Å². The van der Waals surface area contributed by atoms with E-state index in [9.17, 15) is 9.59 Å². The summed E-state index contributed by atoms with van der Waals surface area (Å²) in [7, 11) is 0. The third kappa shape index (κ3) is 3.67. The first-order valence-corrected chi connectivity index (χ1v) is 8.72. The van der Waals surface area contributed by atoms with Crippen molar-refractivity contribution in [1.82, 2.24) is 31.2 Å². The molecule has 0 aliphatic carbocycles. The molecule has 0 aliphatic heterocycles. The van der Waals surface area contributed by atoms with Gasteiger partial charge in [-0.2, -0.15) is 10.2 Å². The van der Waals surface area contributed by atoms with E-state index in [1.807, 2.05) is 44.2 Å². The van der Waals surface area contributed by atoms with Crippen molar-refractivity contribution >= 4 is 27.7 Å². The van der Waals surface area contributed by atoms with E-state index in [1.165, 1.54) is 0 Å². The highest BCUT2D eigenvalue weighted by Gasteiger charge is 2.20. The molecule has 1 aromatic carbocycles. The van der Waals surface area contributed by atoms with Gasteiger partial charge in [0.05, 0.1) is 15.9 Å². The smallest absolute Gasteiger partial charge is 0.280 e. The molecule has 2 aromatic heterocycles. The van der Waals surface area contributed by atoms with Crippen molar-refractivity contribution in [2.45, 2.75) is 19.8 Å². The van der Waals surface area contributed by atoms with Crippen LogP contribution in [0.1, 0.15) is 46.4 Å². The number of nitrogens with zero attached hydrogens (tertiary/aromatic N) is 2. The summed E-state index contributed by atoms with van der Waals surface area (Å²) in [5.74, 6) is -0.866. The molecule has 0 atom stereocenters. The van der Waals surface area contributed by atoms with Crippen LogP contribution in [-0.2, 0) is 0 Å². The van der Waals surface area contributed by atoms with Crippen LogP contribution in [0.2, 0.25) is 0 Å². The number of aromatic nitrogens is 4. The summed E-state index contributed by atoms with van der Waals surface area (Å²) in [5.41, 5.74) is 7.41. The third-order valence-corrected chi connectivity index (χ3v) is 4.51. The van der Waals surface area contributed by atoms with Crippen molar-refractivity contribution in [3.05, 3.63) is 58.0 Å². The first-order valence-electron chi connectivity index (χ1n) is 7.92. The first kappa shape index (κ1) is 17.9. The van der Waals surface area contributed by atoms with Crippen LogP contribution in [0.15, 0.2) is 40.9 Å². The summed E-state index contributed by atoms with van der Waals surface area (Å²) in [5, 5.41) is 13.5. The number of halogens is 1. The summed E-state index contributed by atoms with van der Waals surface area (Å²) in [6.07, 6.45) is 0. The maximum atomic E-state index is 12.2. The van der Waals surface area contributed by atoms with Gasteiger partial charge < -0.3 is 0 Å². The standard InChI is InChI=1S/C17H17BrN6O2/c1-9(2)14-13(18)15(22-21-14)17(26)24-23-16(25)12-8-11(19-20-12)10-6-4-3-5-7-10/h3-9H,1-2H3,(H,19,20)(H,21,22)(H,23,25)(H,24,26). The van der Waals surface area contributed by atoms with Crippen LogP contribution in [0, 0.1) is 0 Å². The van der Waals surface area contributed by atoms with Crippen molar-refractivity contribution in [2.75, 3.05) is 0 Å². The maximum absolute atomic E-state index is 12.2. The van der Waals surface area contributed by atoms with Gasteiger partial charge in [0.2, 0.25) is 0 Å². The average molecular weight is 417 g/mol. The van der Waals surface area contributed by atoms with Crippen LogP contribution in [0.25, 0.3) is 11.3 Å². The predicted octanol–water partition coefficient (Wildman–Crippen LogP) is 2.76. The number of amides is 2. The van der Waals surface area contributed by atoms with E-state index in [4.69, 9.17) is 0 Å². The lowest BCUT2D eigenvalue weighted by atomic mass is 10.1. The largest absolute Gasteiger partial charge is 0.291 e. The van der Waals surface area contributed by atoms with Crippen LogP contribution in [0.4, 0.5) is 0 Å². The monoisotopic (exact) mass is 416 g/mol. The predicted molar refractivity (Wildman–Crippen MR) is 99.3 cm³/mol. The van der Waals surface area contributed by atoms with Gasteiger partial charge >= 0.3 is 0 Å². The summed E-state index contributed by atoms with van der Waals surface area (Å²) in [6.45, 7) is 3.95. The lowest BCUT2D eigenvalue weighted by Crippen LogP contribution is -2.42. The van der Waals surface area contributed by atoms with E-state index >= 15 is 0 Å². The van der Waals surface area contributed by atoms with Gasteiger partial charge in [-0.1, -0.05) is 44.2 Å². The molecule has 0 spiro atoms. The van der Waals surface area contributed by atoms with Gasteiger partial charge in [0, 0.05) is 5.56 Å². The zero-order valence-electron chi connectivity index (χ0n) is 14.1. The topological polar surface area (TPSA) is 116 Å². The molecule has 134 valence electrons. The van der Waals surface area contributed by atoms with Gasteiger partial charge in [-0.25, -0.2) is 0 Å². The summed E-state index contributed by atoms with van der Waals surface area (Å²) in [6, 6.07) is 11.1. The second-order valence-corrected chi connectivity index (χ2v) is 6.69. The van der Waals surface area contributed by atoms with Crippen molar-refractivity contribution in [2.24, 2.45) is 0 Å². The molecule has 3 rings (SSSR count). The van der Waals surface area contributed by atoms with E-state index in [2.05, 4.69) is 47.2 Å². The number of carbonyl (C=O) groups is 2. The zero-order valence-corrected chi connectivity index (χ0v) is 15.7. The molecule has 0 saturated carbocycles. The van der Waals surface area contributed by atoms with E-state index < -0.39 is 11.8 Å². The lowest BCUT2D eigenvalue weighted by molar-refractivity contribution is 0.0841. The minimum atomic E-state index is -0.531. The van der Waals surface area contributed by atoms with Crippen molar-refractivity contribution in [1.29, 1.82) is 0 Å². The Bertz CT molecular complexity index is 932. The molecule has 0 bridgehead atoms. The van der Waals surface area contributed by atoms with Gasteiger partial charge in [0.15, 0.2) is 5.69 Å². The number of H-pyrrole nitrogens is 2. The number of rotatable bonds is 4. The molecular formula is C17H17BrN6O2. The van der Waals surface area contributed by atoms with E-state index in [-0.39, 0.29) is 17.3 Å². The SMILES string of the molecule is CC(C)c1[nH]nc(C(=O)NNC(=O)c2cc(-c3ccccc3)n[nH]2)c1Br. The van der Waals surface area contributed by atoms with Crippen LogP contribution >= 0.6 is 15.9 Å². The Morgan fingerprint density at radius 1 is 1.04 bits per heavy atom. The van der Waals surface area contributed by atoms with E-state index in [0.717, 1.165) is 11.3 Å². The highest BCUT2D eigenvalue weighted by atomic mass is 79.9. The Morgan fingerprint density at radius 3 is 2.38 bits per heavy atom. The Labute approximate surface area is 157 Å². The maximum Gasteiger partial charge on any atom is 0.291 e. The average Bonchev–Trinajstić information content (AvgIpc) is 3.27. The molecule has 0 aliphatic rings. The molecule has 2 heterocycles. The molecular weight excluding hydrogens is 400 g/mol. The first-order chi connectivity index (χ1) is 12.5. The van der Waals surface area contributed by atoms with Crippen LogP contribution in [0.3, 0.4) is 0 Å². The van der Waals surface area contributed by atoms with E-state index in [1.54, 1.807) is 6.07 Å². The Hall–Kier alpha value is -2.94. The third-order valence-electron chi connectivity index (χ3n) is 3.71. The second kappa shape index (κ2) is 7.52. The number of hydrogen-bond acceptors (Lipinski definition) is 4. The molecule has 8 nitrogen and oxygen atoms in total. The number of benzene rings is 1. The number of aromatic amines is 2. The quantitative estimate of drug-likeness (QED) is 0.489. The molecule has 26 heavy (non-hydrogen) atoms. The second-order valence-electron chi connectivity index (χ2n) is 5.90. The fourth-order valence-electron chi connectivity index (χ4n) is 2.31. The molecule has 0 saturated heterocycles. The fourth-order valence-corrected chi connectivity index (χ4v) is 3.12. The fraction of sp³-hybridized carbons (Fsp3) is 0.176. The zero-order chi connectivity index (χ0) is 18.7. The molecule has 3 aromatic rings. The van der Waals surface area contributed by atoms with Gasteiger partial charge in [-0.15, -0.1) is 0 Å². The number of nitrogens with one attached hydrogen (secondary N) is 4. The summed E-state index contributed by atoms with van der Waals surface area (Å²) in [4.78, 5) is 24.4. The van der Waals surface area contributed by atoms with Crippen molar-refractivity contribution in [3.63, 3.8) is 0 Å². The minimum Gasteiger partial charge on any atom is -0.280 e. The Kier molecular flexibility index (Phi) is 5.17. The lowest BCUT2D eigenvalue weighted by Gasteiger charge is -2.05. The molecule has 9 heteroatoms. The van der Waals surface area contributed by atoms with Crippen LogP contribution < -0.4 is 10.9 Å². The Balaban J connectivity index is 1.64. The summed E-state index contributed by atoms with van der Waals surface area (Å²) >= 11 is 3.35. The van der Waals surface area contributed by atoms with Gasteiger partial charge in [-0.3, -0.25) is 30.6 Å². The molecule has 4 N–H and O–H groups in total. The van der Waals surface area contributed by atoms with Crippen molar-refractivity contribution < 1.29 is 9.59 Å². The number of carbonyl (C=O) groups excluding carboxylic acids is 2. The Morgan fingerprint density at radius 2 is 1.73 bits per heavy atom. The van der Waals surface area contributed by atoms with Crippen LogP contribution in [0.5, 0.6) is 0 Å². The van der Waals surface area contributed by atoms with Gasteiger partial charge in [-0.05, 0) is 27.9 Å². The molecule has 0 fully saturated rings. The summed E-state index contributed by atoms with van der Waals surface area (Å²) < 4.78 is 0.576. The number of hydrogen-bond donors (Lipinski definition) is 4. The van der Waals surface area contributed by atoms with E-state index in [0.29, 0.717) is 10.2 Å². The molecule has 0 unspecified atom stereocenters. The number of hydrazine groups is 1. The minimum absolute atomic E-state index is 0.170. The highest BCUT2D eigenvalue weighted by Crippen LogP contribution is 2.25. The normalized spacial score (nSPS) is 10.8. The van der Waals surface area contributed by atoms with Gasteiger partial charge in [0.1, 0.15) is 5.69 Å². The molecule has 2 amide bonds. The molecule has 0 radical (unpaired) electrons. The highest BCUT2D eigenvalue weighted by molar-refractivity contribution is 9.10.